The number of amides is 2. The lowest BCUT2D eigenvalue weighted by molar-refractivity contribution is -0.137. The molecule has 1 aliphatic rings. The van der Waals surface area contributed by atoms with Gasteiger partial charge >= 0.3 is 12.2 Å². The van der Waals surface area contributed by atoms with Gasteiger partial charge in [0, 0.05) is 17.4 Å². The molecule has 0 bridgehead atoms. The molecule has 1 fully saturated rings. The van der Waals surface area contributed by atoms with Crippen molar-refractivity contribution >= 4 is 17.5 Å². The summed E-state index contributed by atoms with van der Waals surface area (Å²) >= 11 is 0. The maximum Gasteiger partial charge on any atom is 0.416 e. The van der Waals surface area contributed by atoms with E-state index < -0.39 is 17.8 Å². The van der Waals surface area contributed by atoms with E-state index in [4.69, 9.17) is 0 Å². The van der Waals surface area contributed by atoms with E-state index in [1.807, 2.05) is 12.1 Å². The van der Waals surface area contributed by atoms with Crippen molar-refractivity contribution in [3.8, 4) is 11.1 Å². The predicted molar refractivity (Wildman–Crippen MR) is 110 cm³/mol. The molecule has 0 aliphatic heterocycles. The normalized spacial score (nSPS) is 14.1. The number of anilines is 2. The molecule has 1 aliphatic carbocycles. The number of urea groups is 1. The maximum absolute atomic E-state index is 14.4. The van der Waals surface area contributed by atoms with Crippen molar-refractivity contribution in [2.24, 2.45) is 0 Å². The summed E-state index contributed by atoms with van der Waals surface area (Å²) in [5, 5.41) is 4.81. The van der Waals surface area contributed by atoms with E-state index in [2.05, 4.69) is 15.6 Å². The van der Waals surface area contributed by atoms with Gasteiger partial charge in [-0.25, -0.2) is 14.2 Å². The van der Waals surface area contributed by atoms with Crippen molar-refractivity contribution in [1.82, 2.24) is 4.98 Å². The van der Waals surface area contributed by atoms with Crippen LogP contribution in [0.5, 0.6) is 0 Å². The first kappa shape index (κ1) is 20.8. The molecule has 0 unspecified atom stereocenters. The Morgan fingerprint density at radius 3 is 2.35 bits per heavy atom. The zero-order chi connectivity index (χ0) is 22.0. The molecule has 31 heavy (non-hydrogen) atoms. The fourth-order valence-corrected chi connectivity index (χ4v) is 3.45. The highest BCUT2D eigenvalue weighted by molar-refractivity contribution is 5.99. The van der Waals surface area contributed by atoms with Crippen LogP contribution in [0.3, 0.4) is 0 Å². The van der Waals surface area contributed by atoms with Crippen molar-refractivity contribution in [2.75, 3.05) is 10.6 Å². The number of pyridine rings is 1. The number of nitrogens with one attached hydrogen (secondary N) is 2. The number of hydrogen-bond acceptors (Lipinski definition) is 2. The fourth-order valence-electron chi connectivity index (χ4n) is 3.45. The third-order valence-corrected chi connectivity index (χ3v) is 5.33. The molecule has 0 saturated heterocycles. The molecule has 8 heteroatoms. The van der Waals surface area contributed by atoms with Gasteiger partial charge in [-0.15, -0.1) is 0 Å². The Labute approximate surface area is 176 Å². The van der Waals surface area contributed by atoms with Gasteiger partial charge < -0.3 is 5.32 Å². The molecule has 0 atom stereocenters. The largest absolute Gasteiger partial charge is 0.416 e. The third kappa shape index (κ3) is 4.84. The van der Waals surface area contributed by atoms with Crippen LogP contribution in [0, 0.1) is 5.82 Å². The standard InChI is InChI=1S/C23H19F4N3O/c24-20-11-15(7-9-19(20)14-3-1-4-14)16-8-10-21(28-13-16)30-22(31)29-18-6-2-5-17(12-18)23(25,26)27/h2,5-14H,1,3-4H2,(H2,28,29,30,31). The first-order valence-electron chi connectivity index (χ1n) is 9.81. The van der Waals surface area contributed by atoms with Gasteiger partial charge in [0.1, 0.15) is 11.6 Å². The minimum Gasteiger partial charge on any atom is -0.308 e. The van der Waals surface area contributed by atoms with Crippen LogP contribution in [0.1, 0.15) is 36.3 Å². The van der Waals surface area contributed by atoms with E-state index in [1.54, 1.807) is 12.1 Å². The van der Waals surface area contributed by atoms with Crippen molar-refractivity contribution in [3.05, 3.63) is 77.7 Å². The van der Waals surface area contributed by atoms with Gasteiger partial charge in [0.05, 0.1) is 5.56 Å². The molecule has 160 valence electrons. The van der Waals surface area contributed by atoms with Gasteiger partial charge in [-0.3, -0.25) is 5.32 Å². The second kappa shape index (κ2) is 8.37. The second-order valence-corrected chi connectivity index (χ2v) is 7.45. The van der Waals surface area contributed by atoms with Crippen LogP contribution in [0.25, 0.3) is 11.1 Å². The summed E-state index contributed by atoms with van der Waals surface area (Å²) in [6, 6.07) is 12.0. The van der Waals surface area contributed by atoms with E-state index in [0.717, 1.165) is 37.0 Å². The van der Waals surface area contributed by atoms with Crippen molar-refractivity contribution in [2.45, 2.75) is 31.4 Å². The topological polar surface area (TPSA) is 54.0 Å². The molecule has 3 aromatic rings. The Kier molecular flexibility index (Phi) is 5.63. The Morgan fingerprint density at radius 1 is 0.968 bits per heavy atom. The van der Waals surface area contributed by atoms with Gasteiger partial charge in [-0.1, -0.05) is 24.6 Å². The molecule has 1 saturated carbocycles. The second-order valence-electron chi connectivity index (χ2n) is 7.45. The van der Waals surface area contributed by atoms with E-state index in [0.29, 0.717) is 17.0 Å². The quantitative estimate of drug-likeness (QED) is 0.447. The van der Waals surface area contributed by atoms with Gasteiger partial charge in [0.2, 0.25) is 0 Å². The Balaban J connectivity index is 1.40. The fraction of sp³-hybridized carbons (Fsp3) is 0.217. The van der Waals surface area contributed by atoms with E-state index in [-0.39, 0.29) is 17.3 Å². The lowest BCUT2D eigenvalue weighted by atomic mass is 9.79. The van der Waals surface area contributed by atoms with Crippen LogP contribution < -0.4 is 10.6 Å². The summed E-state index contributed by atoms with van der Waals surface area (Å²) in [4.78, 5) is 16.2. The van der Waals surface area contributed by atoms with Crippen LogP contribution in [-0.2, 0) is 6.18 Å². The van der Waals surface area contributed by atoms with Crippen molar-refractivity contribution in [3.63, 3.8) is 0 Å². The first-order valence-corrected chi connectivity index (χ1v) is 9.81. The molecule has 0 radical (unpaired) electrons. The molecule has 1 aromatic heterocycles. The van der Waals surface area contributed by atoms with Crippen molar-refractivity contribution < 1.29 is 22.4 Å². The number of halogens is 4. The number of carbonyl (C=O) groups excluding carboxylic acids is 1. The smallest absolute Gasteiger partial charge is 0.308 e. The molecular weight excluding hydrogens is 410 g/mol. The number of carbonyl (C=O) groups is 1. The summed E-state index contributed by atoms with van der Waals surface area (Å²) in [5.41, 5.74) is 1.25. The predicted octanol–water partition coefficient (Wildman–Crippen LogP) is 6.82. The lowest BCUT2D eigenvalue weighted by Gasteiger charge is -2.26. The number of nitrogens with zero attached hydrogens (tertiary/aromatic N) is 1. The molecule has 4 rings (SSSR count). The SMILES string of the molecule is O=C(Nc1cccc(C(F)(F)F)c1)Nc1ccc(-c2ccc(C3CCC3)c(F)c2)cn1. The Morgan fingerprint density at radius 2 is 1.74 bits per heavy atom. The zero-order valence-corrected chi connectivity index (χ0v) is 16.3. The molecule has 2 N–H and O–H groups in total. The number of alkyl halides is 3. The first-order chi connectivity index (χ1) is 14.8. The van der Waals surface area contributed by atoms with E-state index in [9.17, 15) is 22.4 Å². The number of hydrogen-bond donors (Lipinski definition) is 2. The van der Waals surface area contributed by atoms with Gasteiger partial charge in [0.15, 0.2) is 0 Å². The summed E-state index contributed by atoms with van der Waals surface area (Å²) in [5.74, 6) is 0.277. The number of rotatable bonds is 4. The molecule has 2 amide bonds. The average molecular weight is 429 g/mol. The van der Waals surface area contributed by atoms with Crippen LogP contribution >= 0.6 is 0 Å². The molecule has 1 heterocycles. The Bertz CT molecular complexity index is 1090. The summed E-state index contributed by atoms with van der Waals surface area (Å²) in [6.07, 6.45) is 0.159. The number of benzene rings is 2. The van der Waals surface area contributed by atoms with Crippen LogP contribution in [0.4, 0.5) is 33.9 Å². The lowest BCUT2D eigenvalue weighted by Crippen LogP contribution is -2.20. The molecule has 0 spiro atoms. The van der Waals surface area contributed by atoms with Crippen LogP contribution in [0.2, 0.25) is 0 Å². The zero-order valence-electron chi connectivity index (χ0n) is 16.3. The van der Waals surface area contributed by atoms with Crippen LogP contribution in [0.15, 0.2) is 60.8 Å². The summed E-state index contributed by atoms with van der Waals surface area (Å²) in [6.45, 7) is 0. The summed E-state index contributed by atoms with van der Waals surface area (Å²) in [7, 11) is 0. The molecule has 4 nitrogen and oxygen atoms in total. The van der Waals surface area contributed by atoms with E-state index >= 15 is 0 Å². The van der Waals surface area contributed by atoms with Gasteiger partial charge in [-0.05, 0) is 66.3 Å². The minimum absolute atomic E-state index is 0.00553. The highest BCUT2D eigenvalue weighted by atomic mass is 19.4. The van der Waals surface area contributed by atoms with Crippen molar-refractivity contribution in [1.29, 1.82) is 0 Å². The number of aromatic nitrogens is 1. The van der Waals surface area contributed by atoms with Gasteiger partial charge in [0.25, 0.3) is 0 Å². The third-order valence-electron chi connectivity index (χ3n) is 5.33. The molecular formula is C23H19F4N3O. The minimum atomic E-state index is -4.50. The highest BCUT2D eigenvalue weighted by Crippen LogP contribution is 2.38. The monoisotopic (exact) mass is 429 g/mol. The Hall–Kier alpha value is -3.42. The van der Waals surface area contributed by atoms with Crippen LogP contribution in [-0.4, -0.2) is 11.0 Å². The maximum atomic E-state index is 14.4. The average Bonchev–Trinajstić information content (AvgIpc) is 2.68. The van der Waals surface area contributed by atoms with E-state index in [1.165, 1.54) is 24.4 Å². The summed E-state index contributed by atoms with van der Waals surface area (Å²) < 4.78 is 52.7. The van der Waals surface area contributed by atoms with Gasteiger partial charge in [-0.2, -0.15) is 13.2 Å². The highest BCUT2D eigenvalue weighted by Gasteiger charge is 2.30. The molecule has 2 aromatic carbocycles.